The van der Waals surface area contributed by atoms with Gasteiger partial charge in [0.05, 0.1) is 21.6 Å². The summed E-state index contributed by atoms with van der Waals surface area (Å²) in [5, 5.41) is 4.58. The van der Waals surface area contributed by atoms with Crippen molar-refractivity contribution in [2.75, 3.05) is 10.6 Å². The molecule has 1 aliphatic heterocycles. The van der Waals surface area contributed by atoms with Gasteiger partial charge >= 0.3 is 0 Å². The van der Waals surface area contributed by atoms with Crippen molar-refractivity contribution < 1.29 is 14.0 Å². The molecule has 1 atom stereocenters. The van der Waals surface area contributed by atoms with Gasteiger partial charge in [-0.05, 0) is 24.3 Å². The minimum atomic E-state index is -0.686. The van der Waals surface area contributed by atoms with Crippen LogP contribution in [0.25, 0.3) is 0 Å². The quantitative estimate of drug-likeness (QED) is 0.882. The number of hydrogen-bond acceptors (Lipinski definition) is 3. The first kappa shape index (κ1) is 15.8. The Morgan fingerprint density at radius 3 is 2.87 bits per heavy atom. The van der Waals surface area contributed by atoms with Crippen LogP contribution in [0.3, 0.4) is 0 Å². The normalized spacial score (nSPS) is 16.4. The Morgan fingerprint density at radius 2 is 2.04 bits per heavy atom. The average Bonchev–Trinajstić information content (AvgIpc) is 2.52. The Labute approximate surface area is 141 Å². The summed E-state index contributed by atoms with van der Waals surface area (Å²) in [7, 11) is 0. The van der Waals surface area contributed by atoms with Crippen LogP contribution < -0.4 is 10.6 Å². The summed E-state index contributed by atoms with van der Waals surface area (Å²) in [6.45, 7) is 0. The fraction of sp³-hybridized carbons (Fsp3) is 0.125. The number of halogens is 2. The lowest BCUT2D eigenvalue weighted by Gasteiger charge is -2.23. The highest BCUT2D eigenvalue weighted by molar-refractivity contribution is 8.01. The summed E-state index contributed by atoms with van der Waals surface area (Å²) in [5.41, 5.74) is 0.740. The predicted octanol–water partition coefficient (Wildman–Crippen LogP) is 3.92. The van der Waals surface area contributed by atoms with Crippen molar-refractivity contribution in [1.29, 1.82) is 0 Å². The van der Waals surface area contributed by atoms with Gasteiger partial charge in [-0.3, -0.25) is 9.59 Å². The molecule has 23 heavy (non-hydrogen) atoms. The molecule has 0 bridgehead atoms. The van der Waals surface area contributed by atoms with E-state index >= 15 is 0 Å². The summed E-state index contributed by atoms with van der Waals surface area (Å²) in [6, 6.07) is 11.7. The standard InChI is InChI=1S/C16H12ClFN2O2S/c17-9-4-3-6-11(15(9)18)19-14(21)8-13-16(22)20-10-5-1-2-7-12(10)23-13/h1-7,13H,8H2,(H,19,21)(H,20,22)/t13-/m1/s1. The highest BCUT2D eigenvalue weighted by Crippen LogP contribution is 2.36. The zero-order valence-electron chi connectivity index (χ0n) is 11.8. The summed E-state index contributed by atoms with van der Waals surface area (Å²) < 4.78 is 13.8. The molecule has 2 amide bonds. The predicted molar refractivity (Wildman–Crippen MR) is 89.4 cm³/mol. The molecule has 0 fully saturated rings. The summed E-state index contributed by atoms with van der Waals surface area (Å²) in [6.07, 6.45) is -0.0587. The molecule has 0 aromatic heterocycles. The van der Waals surface area contributed by atoms with E-state index in [-0.39, 0.29) is 23.0 Å². The number of para-hydroxylation sites is 1. The van der Waals surface area contributed by atoms with E-state index in [9.17, 15) is 14.0 Å². The maximum atomic E-state index is 13.8. The van der Waals surface area contributed by atoms with Crippen LogP contribution in [0.1, 0.15) is 6.42 Å². The van der Waals surface area contributed by atoms with Gasteiger partial charge in [-0.25, -0.2) is 4.39 Å². The van der Waals surface area contributed by atoms with Crippen LogP contribution >= 0.6 is 23.4 Å². The Bertz CT molecular complexity index is 784. The van der Waals surface area contributed by atoms with Crippen LogP contribution in [-0.2, 0) is 9.59 Å². The van der Waals surface area contributed by atoms with E-state index in [1.54, 1.807) is 12.1 Å². The molecule has 4 nitrogen and oxygen atoms in total. The first-order valence-electron chi connectivity index (χ1n) is 6.85. The van der Waals surface area contributed by atoms with E-state index in [0.717, 1.165) is 10.6 Å². The minimum absolute atomic E-state index is 0.00381. The van der Waals surface area contributed by atoms with Gasteiger partial charge in [0.2, 0.25) is 11.8 Å². The number of fused-ring (bicyclic) bond motifs is 1. The number of rotatable bonds is 3. The monoisotopic (exact) mass is 350 g/mol. The van der Waals surface area contributed by atoms with Gasteiger partial charge in [0.1, 0.15) is 0 Å². The van der Waals surface area contributed by atoms with Gasteiger partial charge in [0, 0.05) is 11.3 Å². The lowest BCUT2D eigenvalue weighted by molar-refractivity contribution is -0.120. The molecule has 0 radical (unpaired) electrons. The van der Waals surface area contributed by atoms with E-state index in [1.165, 1.54) is 23.9 Å². The van der Waals surface area contributed by atoms with Gasteiger partial charge < -0.3 is 10.6 Å². The molecule has 0 unspecified atom stereocenters. The summed E-state index contributed by atoms with van der Waals surface area (Å²) >= 11 is 6.99. The van der Waals surface area contributed by atoms with E-state index in [1.807, 2.05) is 18.2 Å². The van der Waals surface area contributed by atoms with Crippen molar-refractivity contribution in [1.82, 2.24) is 0 Å². The molecule has 2 aromatic carbocycles. The molecule has 1 heterocycles. The fourth-order valence-electron chi connectivity index (χ4n) is 2.20. The Kier molecular flexibility index (Phi) is 4.54. The van der Waals surface area contributed by atoms with Crippen molar-refractivity contribution in [2.24, 2.45) is 0 Å². The molecular weight excluding hydrogens is 339 g/mol. The SMILES string of the molecule is O=C(C[C@H]1Sc2ccccc2NC1=O)Nc1cccc(Cl)c1F. The smallest absolute Gasteiger partial charge is 0.238 e. The molecule has 0 aliphatic carbocycles. The second-order valence-corrected chi connectivity index (χ2v) is 6.60. The van der Waals surface area contributed by atoms with Gasteiger partial charge in [-0.2, -0.15) is 0 Å². The number of amides is 2. The molecule has 1 aliphatic rings. The highest BCUT2D eigenvalue weighted by atomic mass is 35.5. The lowest BCUT2D eigenvalue weighted by Crippen LogP contribution is -2.32. The van der Waals surface area contributed by atoms with Crippen LogP contribution in [0.2, 0.25) is 5.02 Å². The number of carbonyl (C=O) groups excluding carboxylic acids is 2. The van der Waals surface area contributed by atoms with Gasteiger partial charge in [0.25, 0.3) is 0 Å². The molecule has 2 N–H and O–H groups in total. The van der Waals surface area contributed by atoms with Crippen LogP contribution in [0.15, 0.2) is 47.4 Å². The number of anilines is 2. The molecule has 7 heteroatoms. The number of benzene rings is 2. The maximum absolute atomic E-state index is 13.8. The number of hydrogen-bond donors (Lipinski definition) is 2. The minimum Gasteiger partial charge on any atom is -0.324 e. The average molecular weight is 351 g/mol. The second kappa shape index (κ2) is 6.60. The van der Waals surface area contributed by atoms with Gasteiger partial charge in [0.15, 0.2) is 5.82 Å². The zero-order chi connectivity index (χ0) is 16.4. The third kappa shape index (κ3) is 3.48. The molecule has 2 aromatic rings. The fourth-order valence-corrected chi connectivity index (χ4v) is 3.48. The van der Waals surface area contributed by atoms with Crippen LogP contribution in [0.5, 0.6) is 0 Å². The Hall–Kier alpha value is -2.05. The van der Waals surface area contributed by atoms with Crippen molar-refractivity contribution in [3.63, 3.8) is 0 Å². The van der Waals surface area contributed by atoms with E-state index in [0.29, 0.717) is 0 Å². The Balaban J connectivity index is 1.69. The molecule has 3 rings (SSSR count). The van der Waals surface area contributed by atoms with Crippen LogP contribution in [-0.4, -0.2) is 17.1 Å². The molecular formula is C16H12ClFN2O2S. The van der Waals surface area contributed by atoms with Crippen molar-refractivity contribution in [3.8, 4) is 0 Å². The molecule has 0 saturated carbocycles. The second-order valence-electron chi connectivity index (χ2n) is 4.95. The third-order valence-corrected chi connectivity index (χ3v) is 4.87. The zero-order valence-corrected chi connectivity index (χ0v) is 13.4. The van der Waals surface area contributed by atoms with E-state index < -0.39 is 17.0 Å². The van der Waals surface area contributed by atoms with E-state index in [2.05, 4.69) is 10.6 Å². The van der Waals surface area contributed by atoms with Crippen LogP contribution in [0, 0.1) is 5.82 Å². The molecule has 0 saturated heterocycles. The van der Waals surface area contributed by atoms with Gasteiger partial charge in [-0.1, -0.05) is 29.8 Å². The van der Waals surface area contributed by atoms with Crippen LogP contribution in [0.4, 0.5) is 15.8 Å². The van der Waals surface area contributed by atoms with Gasteiger partial charge in [-0.15, -0.1) is 11.8 Å². The number of carbonyl (C=O) groups is 2. The first-order valence-corrected chi connectivity index (χ1v) is 8.11. The van der Waals surface area contributed by atoms with E-state index in [4.69, 9.17) is 11.6 Å². The van der Waals surface area contributed by atoms with Crippen molar-refractivity contribution in [3.05, 3.63) is 53.3 Å². The molecule has 0 spiro atoms. The third-order valence-electron chi connectivity index (χ3n) is 3.30. The number of thioether (sulfide) groups is 1. The number of nitrogens with one attached hydrogen (secondary N) is 2. The summed E-state index contributed by atoms with van der Waals surface area (Å²) in [4.78, 5) is 25.0. The maximum Gasteiger partial charge on any atom is 0.238 e. The molecule has 118 valence electrons. The summed E-state index contributed by atoms with van der Waals surface area (Å²) in [5.74, 6) is -1.37. The van der Waals surface area contributed by atoms with Crippen molar-refractivity contribution >= 4 is 46.6 Å². The Morgan fingerprint density at radius 1 is 1.26 bits per heavy atom. The lowest BCUT2D eigenvalue weighted by atomic mass is 10.2. The first-order chi connectivity index (χ1) is 11.0. The topological polar surface area (TPSA) is 58.2 Å². The highest BCUT2D eigenvalue weighted by Gasteiger charge is 2.29. The van der Waals surface area contributed by atoms with Crippen molar-refractivity contribution in [2.45, 2.75) is 16.6 Å². The largest absolute Gasteiger partial charge is 0.324 e.